The van der Waals surface area contributed by atoms with E-state index in [4.69, 9.17) is 4.74 Å². The molecule has 0 radical (unpaired) electrons. The number of carbonyl (C=O) groups excluding carboxylic acids is 4. The third-order valence-corrected chi connectivity index (χ3v) is 10.8. The molecule has 1 aliphatic heterocycles. The van der Waals surface area contributed by atoms with Crippen molar-refractivity contribution in [1.82, 2.24) is 35.3 Å². The van der Waals surface area contributed by atoms with E-state index in [0.717, 1.165) is 25.0 Å². The van der Waals surface area contributed by atoms with E-state index in [1.807, 2.05) is 50.9 Å². The standard InChI is InChI=1S/C35H63N7O5S/c1-11-25(5)34(41(8)31(44)17-24(4)20-38-35(46)33(23(2)3)40(6)7)28(47-9)18-32(45)42-16-12-13-27(42)29(48-10)19-30(43)37-15-14-26-21-36-22-39-26/h21-25,27-29,33-34H,11-20H2,1-10H3,(H,36,39)(H,37,43)(H,38,46). The number of amides is 4. The third kappa shape index (κ3) is 12.4. The van der Waals surface area contributed by atoms with Crippen LogP contribution in [0, 0.1) is 17.8 Å². The molecule has 1 aromatic rings. The molecule has 7 unspecified atom stereocenters. The summed E-state index contributed by atoms with van der Waals surface area (Å²) in [6, 6.07) is -0.569. The molecule has 1 fully saturated rings. The number of ether oxygens (including phenoxy) is 1. The van der Waals surface area contributed by atoms with Crippen molar-refractivity contribution in [3.8, 4) is 0 Å². The van der Waals surface area contributed by atoms with Crippen molar-refractivity contribution in [2.24, 2.45) is 17.8 Å². The Morgan fingerprint density at radius 3 is 2.38 bits per heavy atom. The van der Waals surface area contributed by atoms with Gasteiger partial charge in [0.15, 0.2) is 0 Å². The lowest BCUT2D eigenvalue weighted by molar-refractivity contribution is -0.143. The Kier molecular flexibility index (Phi) is 18.0. The number of carbonyl (C=O) groups is 4. The third-order valence-electron chi connectivity index (χ3n) is 9.74. The first-order chi connectivity index (χ1) is 22.7. The van der Waals surface area contributed by atoms with Crippen LogP contribution < -0.4 is 10.6 Å². The summed E-state index contributed by atoms with van der Waals surface area (Å²) < 4.78 is 5.97. The molecule has 48 heavy (non-hydrogen) atoms. The molecular formula is C35H63N7O5S. The van der Waals surface area contributed by atoms with Crippen molar-refractivity contribution in [2.75, 3.05) is 54.1 Å². The van der Waals surface area contributed by atoms with Crippen molar-refractivity contribution in [3.05, 3.63) is 18.2 Å². The molecule has 2 heterocycles. The van der Waals surface area contributed by atoms with Crippen LogP contribution in [-0.2, 0) is 30.3 Å². The van der Waals surface area contributed by atoms with Gasteiger partial charge in [-0.25, -0.2) is 4.98 Å². The lowest BCUT2D eigenvalue weighted by Crippen LogP contribution is -2.52. The molecule has 13 heteroatoms. The van der Waals surface area contributed by atoms with Gasteiger partial charge in [-0.15, -0.1) is 0 Å². The molecule has 0 aromatic carbocycles. The van der Waals surface area contributed by atoms with Gasteiger partial charge in [-0.3, -0.25) is 24.1 Å². The Labute approximate surface area is 293 Å². The van der Waals surface area contributed by atoms with Gasteiger partial charge in [0.1, 0.15) is 0 Å². The molecule has 1 saturated heterocycles. The number of likely N-dealkylation sites (tertiary alicyclic amines) is 1. The van der Waals surface area contributed by atoms with Gasteiger partial charge in [0, 0.05) is 76.2 Å². The van der Waals surface area contributed by atoms with Gasteiger partial charge in [0.25, 0.3) is 0 Å². The SMILES string of the molecule is CCC(C)C(C(CC(=O)N1CCCC1C(CC(=O)NCCc1cnc[nH]1)SC)OC)N(C)C(=O)CC(C)CNC(=O)C(C(C)C)N(C)C. The second-order valence-corrected chi connectivity index (χ2v) is 15.1. The summed E-state index contributed by atoms with van der Waals surface area (Å²) in [4.78, 5) is 65.8. The number of aromatic nitrogens is 2. The minimum absolute atomic E-state index is 0.00566. The number of methoxy groups -OCH3 is 1. The number of thioether (sulfide) groups is 1. The number of nitrogens with zero attached hydrogens (tertiary/aromatic N) is 4. The van der Waals surface area contributed by atoms with Crippen LogP contribution in [-0.4, -0.2) is 132 Å². The summed E-state index contributed by atoms with van der Waals surface area (Å²) in [5, 5.41) is 6.02. The summed E-state index contributed by atoms with van der Waals surface area (Å²) in [6.45, 7) is 11.8. The lowest BCUT2D eigenvalue weighted by atomic mass is 9.90. The molecule has 0 aliphatic carbocycles. The van der Waals surface area contributed by atoms with E-state index < -0.39 is 6.10 Å². The molecule has 274 valence electrons. The number of hydrogen-bond donors (Lipinski definition) is 3. The highest BCUT2D eigenvalue weighted by Gasteiger charge is 2.39. The zero-order valence-electron chi connectivity index (χ0n) is 31.1. The fraction of sp³-hybridized carbons (Fsp3) is 0.800. The molecule has 1 aliphatic rings. The largest absolute Gasteiger partial charge is 0.379 e. The van der Waals surface area contributed by atoms with E-state index in [0.29, 0.717) is 32.5 Å². The van der Waals surface area contributed by atoms with Crippen LogP contribution >= 0.6 is 11.8 Å². The Hall–Kier alpha value is -2.64. The highest BCUT2D eigenvalue weighted by Crippen LogP contribution is 2.31. The van der Waals surface area contributed by atoms with Crippen molar-refractivity contribution in [2.45, 2.75) is 109 Å². The quantitative estimate of drug-likeness (QED) is 0.179. The summed E-state index contributed by atoms with van der Waals surface area (Å²) in [5.74, 6) is 0.101. The predicted molar refractivity (Wildman–Crippen MR) is 192 cm³/mol. The maximum Gasteiger partial charge on any atom is 0.237 e. The lowest BCUT2D eigenvalue weighted by Gasteiger charge is -2.39. The summed E-state index contributed by atoms with van der Waals surface area (Å²) in [5.41, 5.74) is 0.971. The van der Waals surface area contributed by atoms with E-state index in [9.17, 15) is 19.2 Å². The van der Waals surface area contributed by atoms with E-state index in [2.05, 4.69) is 34.4 Å². The van der Waals surface area contributed by atoms with Crippen LogP contribution in [0.25, 0.3) is 0 Å². The van der Waals surface area contributed by atoms with Crippen LogP contribution in [0.4, 0.5) is 0 Å². The first-order valence-corrected chi connectivity index (χ1v) is 18.8. The van der Waals surface area contributed by atoms with Crippen molar-refractivity contribution >= 4 is 35.4 Å². The molecule has 4 amide bonds. The molecular weight excluding hydrogens is 630 g/mol. The topological polar surface area (TPSA) is 140 Å². The maximum absolute atomic E-state index is 13.9. The molecule has 7 atom stereocenters. The number of hydrogen-bond acceptors (Lipinski definition) is 8. The number of rotatable bonds is 21. The van der Waals surface area contributed by atoms with E-state index in [-0.39, 0.29) is 77.6 Å². The van der Waals surface area contributed by atoms with Gasteiger partial charge in [0.2, 0.25) is 23.6 Å². The molecule has 0 saturated carbocycles. The van der Waals surface area contributed by atoms with Crippen LogP contribution in [0.1, 0.15) is 78.8 Å². The molecule has 0 spiro atoms. The van der Waals surface area contributed by atoms with Crippen molar-refractivity contribution in [3.63, 3.8) is 0 Å². The van der Waals surface area contributed by atoms with Crippen molar-refractivity contribution in [1.29, 1.82) is 0 Å². The summed E-state index contributed by atoms with van der Waals surface area (Å²) in [7, 11) is 7.21. The predicted octanol–water partition coefficient (Wildman–Crippen LogP) is 3.19. The number of aromatic amines is 1. The Balaban J connectivity index is 2.03. The average molecular weight is 694 g/mol. The van der Waals surface area contributed by atoms with Gasteiger partial charge >= 0.3 is 0 Å². The van der Waals surface area contributed by atoms with Crippen LogP contribution in [0.5, 0.6) is 0 Å². The monoisotopic (exact) mass is 693 g/mol. The second-order valence-electron chi connectivity index (χ2n) is 14.0. The number of imidazole rings is 1. The molecule has 12 nitrogen and oxygen atoms in total. The highest BCUT2D eigenvalue weighted by atomic mass is 32.2. The minimum Gasteiger partial charge on any atom is -0.379 e. The number of nitrogens with one attached hydrogen (secondary N) is 3. The highest BCUT2D eigenvalue weighted by molar-refractivity contribution is 7.99. The van der Waals surface area contributed by atoms with E-state index in [1.165, 1.54) is 0 Å². The Morgan fingerprint density at radius 1 is 1.10 bits per heavy atom. The number of likely N-dealkylation sites (N-methyl/N-ethyl adjacent to an activating group) is 2. The Bertz CT molecular complexity index is 1130. The summed E-state index contributed by atoms with van der Waals surface area (Å²) >= 11 is 1.63. The first-order valence-electron chi connectivity index (χ1n) is 17.5. The van der Waals surface area contributed by atoms with Crippen LogP contribution in [0.2, 0.25) is 0 Å². The summed E-state index contributed by atoms with van der Waals surface area (Å²) in [6.07, 6.45) is 8.90. The Morgan fingerprint density at radius 2 is 1.81 bits per heavy atom. The van der Waals surface area contributed by atoms with Crippen LogP contribution in [0.15, 0.2) is 12.5 Å². The normalized spacial score (nSPS) is 18.7. The van der Waals surface area contributed by atoms with Gasteiger partial charge < -0.3 is 30.2 Å². The first kappa shape index (κ1) is 41.5. The fourth-order valence-corrected chi connectivity index (χ4v) is 7.86. The van der Waals surface area contributed by atoms with Crippen LogP contribution in [0.3, 0.4) is 0 Å². The molecule has 1 aromatic heterocycles. The number of H-pyrrole nitrogens is 1. The minimum atomic E-state index is -0.483. The maximum atomic E-state index is 13.9. The van der Waals surface area contributed by atoms with Gasteiger partial charge in [-0.2, -0.15) is 11.8 Å². The van der Waals surface area contributed by atoms with Gasteiger partial charge in [-0.1, -0.05) is 41.0 Å². The zero-order valence-corrected chi connectivity index (χ0v) is 31.9. The van der Waals surface area contributed by atoms with E-state index in [1.54, 1.807) is 43.3 Å². The molecule has 0 bridgehead atoms. The average Bonchev–Trinajstić information content (AvgIpc) is 3.74. The molecule has 3 N–H and O–H groups in total. The second kappa shape index (κ2) is 20.8. The smallest absolute Gasteiger partial charge is 0.237 e. The van der Waals surface area contributed by atoms with Gasteiger partial charge in [0.05, 0.1) is 30.9 Å². The molecule has 2 rings (SSSR count). The van der Waals surface area contributed by atoms with Gasteiger partial charge in [-0.05, 0) is 50.9 Å². The fourth-order valence-electron chi connectivity index (χ4n) is 6.94. The van der Waals surface area contributed by atoms with Crippen molar-refractivity contribution < 1.29 is 23.9 Å². The van der Waals surface area contributed by atoms with E-state index >= 15 is 0 Å². The zero-order chi connectivity index (χ0) is 36.0.